The van der Waals surface area contributed by atoms with Gasteiger partial charge in [0.1, 0.15) is 5.82 Å². The van der Waals surface area contributed by atoms with Crippen LogP contribution in [0.4, 0.5) is 20.6 Å². The molecule has 0 fully saturated rings. The van der Waals surface area contributed by atoms with E-state index in [2.05, 4.69) is 10.1 Å². The Balaban J connectivity index is 2.90. The van der Waals surface area contributed by atoms with Crippen LogP contribution in [0, 0.1) is 15.9 Å². The zero-order valence-electron chi connectivity index (χ0n) is 8.40. The van der Waals surface area contributed by atoms with Crippen LogP contribution in [-0.4, -0.2) is 17.6 Å². The summed E-state index contributed by atoms with van der Waals surface area (Å²) in [6, 6.07) is 2.83. The van der Waals surface area contributed by atoms with E-state index in [0.29, 0.717) is 0 Å². The maximum absolute atomic E-state index is 13.1. The van der Waals surface area contributed by atoms with Gasteiger partial charge in [-0.25, -0.2) is 9.18 Å². The molecule has 1 amide bonds. The summed E-state index contributed by atoms with van der Waals surface area (Å²) >= 11 is 0. The van der Waals surface area contributed by atoms with Crippen LogP contribution in [0.5, 0.6) is 0 Å². The Morgan fingerprint density at radius 3 is 2.88 bits per heavy atom. The zero-order valence-corrected chi connectivity index (χ0v) is 8.40. The number of carbonyl (C=O) groups is 1. The number of non-ortho nitro benzene ring substituents is 1. The molecule has 0 radical (unpaired) electrons. The third-order valence-corrected chi connectivity index (χ3v) is 1.67. The fraction of sp³-hybridized carbons (Fsp3) is 0.222. The fourth-order valence-electron chi connectivity index (χ4n) is 1.000. The first-order chi connectivity index (χ1) is 7.54. The van der Waals surface area contributed by atoms with Gasteiger partial charge in [0.05, 0.1) is 17.2 Å². The number of nitrogens with one attached hydrogen (secondary N) is 1. The first-order valence-electron chi connectivity index (χ1n) is 4.42. The number of nitro groups is 1. The summed E-state index contributed by atoms with van der Waals surface area (Å²) in [7, 11) is 0. The Morgan fingerprint density at radius 1 is 1.62 bits per heavy atom. The number of hydrogen-bond acceptors (Lipinski definition) is 4. The first kappa shape index (κ1) is 11.9. The molecule has 0 atom stereocenters. The van der Waals surface area contributed by atoms with Crippen molar-refractivity contribution in [1.29, 1.82) is 0 Å². The maximum atomic E-state index is 13.1. The van der Waals surface area contributed by atoms with Crippen LogP contribution in [0.2, 0.25) is 0 Å². The number of nitrogens with zero attached hydrogens (tertiary/aromatic N) is 1. The van der Waals surface area contributed by atoms with Crippen molar-refractivity contribution in [3.05, 3.63) is 34.1 Å². The number of carbonyl (C=O) groups excluding carboxylic acids is 1. The molecule has 0 aliphatic heterocycles. The molecule has 0 aliphatic rings. The van der Waals surface area contributed by atoms with Gasteiger partial charge in [0.25, 0.3) is 5.69 Å². The normalized spacial score (nSPS) is 9.62. The monoisotopic (exact) mass is 228 g/mol. The van der Waals surface area contributed by atoms with Crippen LogP contribution in [0.3, 0.4) is 0 Å². The summed E-state index contributed by atoms with van der Waals surface area (Å²) in [5, 5.41) is 12.5. The van der Waals surface area contributed by atoms with Crippen LogP contribution in [0.15, 0.2) is 18.2 Å². The molecule has 0 saturated heterocycles. The van der Waals surface area contributed by atoms with Crippen molar-refractivity contribution in [2.45, 2.75) is 6.92 Å². The SMILES string of the molecule is CCOC(=O)Nc1cc([N+](=O)[O-])ccc1F. The third kappa shape index (κ3) is 2.91. The van der Waals surface area contributed by atoms with Gasteiger partial charge in [0, 0.05) is 12.1 Å². The van der Waals surface area contributed by atoms with E-state index in [4.69, 9.17) is 0 Å². The number of rotatable bonds is 3. The van der Waals surface area contributed by atoms with Crippen molar-refractivity contribution in [3.8, 4) is 0 Å². The van der Waals surface area contributed by atoms with Gasteiger partial charge in [-0.05, 0) is 13.0 Å². The van der Waals surface area contributed by atoms with Crippen molar-refractivity contribution in [2.75, 3.05) is 11.9 Å². The minimum atomic E-state index is -0.859. The van der Waals surface area contributed by atoms with Crippen LogP contribution in [0.1, 0.15) is 6.92 Å². The number of amides is 1. The minimum absolute atomic E-state index is 0.127. The molecule has 1 N–H and O–H groups in total. The smallest absolute Gasteiger partial charge is 0.411 e. The van der Waals surface area contributed by atoms with E-state index in [0.717, 1.165) is 18.2 Å². The molecule has 1 aromatic carbocycles. The van der Waals surface area contributed by atoms with E-state index >= 15 is 0 Å². The molecule has 0 aliphatic carbocycles. The molecule has 0 unspecified atom stereocenters. The van der Waals surface area contributed by atoms with E-state index in [-0.39, 0.29) is 18.0 Å². The second-order valence-corrected chi connectivity index (χ2v) is 2.77. The summed E-state index contributed by atoms with van der Waals surface area (Å²) in [5.41, 5.74) is -0.596. The van der Waals surface area contributed by atoms with Crippen LogP contribution < -0.4 is 5.32 Å². The number of hydrogen-bond donors (Lipinski definition) is 1. The second-order valence-electron chi connectivity index (χ2n) is 2.77. The summed E-state index contributed by atoms with van der Waals surface area (Å²) in [6.07, 6.45) is -0.859. The lowest BCUT2D eigenvalue weighted by molar-refractivity contribution is -0.384. The Hall–Kier alpha value is -2.18. The van der Waals surface area contributed by atoms with E-state index in [1.54, 1.807) is 6.92 Å². The van der Waals surface area contributed by atoms with E-state index in [9.17, 15) is 19.3 Å². The summed E-state index contributed by atoms with van der Waals surface area (Å²) in [4.78, 5) is 20.7. The average Bonchev–Trinajstić information content (AvgIpc) is 2.21. The van der Waals surface area contributed by atoms with Crippen LogP contribution in [0.25, 0.3) is 0 Å². The molecule has 0 aromatic heterocycles. The van der Waals surface area contributed by atoms with E-state index in [1.165, 1.54) is 0 Å². The lowest BCUT2D eigenvalue weighted by Gasteiger charge is -2.05. The van der Waals surface area contributed by atoms with Gasteiger partial charge in [0.15, 0.2) is 0 Å². The molecule has 7 heteroatoms. The number of benzene rings is 1. The standard InChI is InChI=1S/C9H9FN2O4/c1-2-16-9(13)11-8-5-6(12(14)15)3-4-7(8)10/h3-5H,2H2,1H3,(H,11,13). The largest absolute Gasteiger partial charge is 0.450 e. The summed E-state index contributed by atoms with van der Waals surface area (Å²) < 4.78 is 17.7. The molecule has 86 valence electrons. The highest BCUT2D eigenvalue weighted by atomic mass is 19.1. The predicted octanol–water partition coefficient (Wildman–Crippen LogP) is 2.30. The molecular weight excluding hydrogens is 219 g/mol. The molecule has 0 spiro atoms. The molecule has 0 heterocycles. The van der Waals surface area contributed by atoms with Gasteiger partial charge in [0.2, 0.25) is 0 Å². The topological polar surface area (TPSA) is 81.5 Å². The molecule has 1 aromatic rings. The van der Waals surface area contributed by atoms with Crippen molar-refractivity contribution < 1.29 is 18.8 Å². The Morgan fingerprint density at radius 2 is 2.31 bits per heavy atom. The van der Waals surface area contributed by atoms with Crippen molar-refractivity contribution in [2.24, 2.45) is 0 Å². The quantitative estimate of drug-likeness (QED) is 0.635. The van der Waals surface area contributed by atoms with Crippen molar-refractivity contribution in [1.82, 2.24) is 0 Å². The van der Waals surface area contributed by atoms with Crippen LogP contribution >= 0.6 is 0 Å². The lowest BCUT2D eigenvalue weighted by atomic mass is 10.2. The number of anilines is 1. The Kier molecular flexibility index (Phi) is 3.76. The van der Waals surface area contributed by atoms with Gasteiger partial charge < -0.3 is 4.74 Å². The van der Waals surface area contributed by atoms with E-state index in [1.807, 2.05) is 0 Å². The number of halogens is 1. The van der Waals surface area contributed by atoms with Crippen LogP contribution in [-0.2, 0) is 4.74 Å². The highest BCUT2D eigenvalue weighted by Crippen LogP contribution is 2.21. The summed E-state index contributed by atoms with van der Waals surface area (Å²) in [5.74, 6) is -0.765. The van der Waals surface area contributed by atoms with Gasteiger partial charge >= 0.3 is 6.09 Å². The minimum Gasteiger partial charge on any atom is -0.450 e. The molecule has 6 nitrogen and oxygen atoms in total. The first-order valence-corrected chi connectivity index (χ1v) is 4.42. The van der Waals surface area contributed by atoms with Gasteiger partial charge in [-0.15, -0.1) is 0 Å². The summed E-state index contributed by atoms with van der Waals surface area (Å²) in [6.45, 7) is 1.71. The second kappa shape index (κ2) is 5.06. The van der Waals surface area contributed by atoms with Gasteiger partial charge in [-0.2, -0.15) is 0 Å². The highest BCUT2D eigenvalue weighted by molar-refractivity contribution is 5.85. The van der Waals surface area contributed by atoms with Crippen molar-refractivity contribution >= 4 is 17.5 Å². The zero-order chi connectivity index (χ0) is 12.1. The molecule has 0 bridgehead atoms. The molecule has 16 heavy (non-hydrogen) atoms. The number of nitro benzene ring substituents is 1. The lowest BCUT2D eigenvalue weighted by Crippen LogP contribution is -2.14. The number of ether oxygens (including phenoxy) is 1. The van der Waals surface area contributed by atoms with Crippen molar-refractivity contribution in [3.63, 3.8) is 0 Å². The van der Waals surface area contributed by atoms with E-state index < -0.39 is 16.8 Å². The molecule has 1 rings (SSSR count). The maximum Gasteiger partial charge on any atom is 0.411 e. The Bertz CT molecular complexity index is 422. The predicted molar refractivity (Wildman–Crippen MR) is 53.7 cm³/mol. The third-order valence-electron chi connectivity index (χ3n) is 1.67. The Labute approximate surface area is 90.2 Å². The van der Waals surface area contributed by atoms with Gasteiger partial charge in [-0.3, -0.25) is 15.4 Å². The molecular formula is C9H9FN2O4. The molecule has 0 saturated carbocycles. The average molecular weight is 228 g/mol. The highest BCUT2D eigenvalue weighted by Gasteiger charge is 2.13. The van der Waals surface area contributed by atoms with Gasteiger partial charge in [-0.1, -0.05) is 0 Å². The fourth-order valence-corrected chi connectivity index (χ4v) is 1.000.